The van der Waals surface area contributed by atoms with Gasteiger partial charge in [0.2, 0.25) is 0 Å². The Hall–Kier alpha value is -0.0800. The van der Waals surface area contributed by atoms with E-state index < -0.39 is 0 Å². The summed E-state index contributed by atoms with van der Waals surface area (Å²) in [5, 5.41) is 4.03. The lowest BCUT2D eigenvalue weighted by atomic mass is 9.77. The SMILES string of the molecule is CCCN1CCC(NC2CCCCC2C(C)C)CC1. The molecule has 0 aromatic heterocycles. The molecule has 2 unspecified atom stereocenters. The van der Waals surface area contributed by atoms with Gasteiger partial charge in [-0.15, -0.1) is 0 Å². The van der Waals surface area contributed by atoms with Crippen molar-refractivity contribution in [2.75, 3.05) is 19.6 Å². The molecule has 1 aliphatic heterocycles. The molecule has 1 aliphatic carbocycles. The number of hydrogen-bond acceptors (Lipinski definition) is 2. The zero-order valence-electron chi connectivity index (χ0n) is 13.3. The van der Waals surface area contributed by atoms with Crippen LogP contribution >= 0.6 is 0 Å². The van der Waals surface area contributed by atoms with Crippen LogP contribution < -0.4 is 5.32 Å². The Balaban J connectivity index is 1.77. The summed E-state index contributed by atoms with van der Waals surface area (Å²) in [6, 6.07) is 1.59. The van der Waals surface area contributed by atoms with E-state index >= 15 is 0 Å². The van der Waals surface area contributed by atoms with Gasteiger partial charge in [0.15, 0.2) is 0 Å². The van der Waals surface area contributed by atoms with E-state index in [1.54, 1.807) is 0 Å². The Kier molecular flexibility index (Phi) is 6.15. The zero-order chi connectivity index (χ0) is 13.7. The number of rotatable bonds is 5. The Morgan fingerprint density at radius 2 is 1.74 bits per heavy atom. The molecule has 112 valence electrons. The lowest BCUT2D eigenvalue weighted by molar-refractivity contribution is 0.150. The second kappa shape index (κ2) is 7.64. The molecular formula is C17H34N2. The van der Waals surface area contributed by atoms with Gasteiger partial charge < -0.3 is 10.2 Å². The van der Waals surface area contributed by atoms with Crippen LogP contribution in [0.15, 0.2) is 0 Å². The molecule has 2 nitrogen and oxygen atoms in total. The average Bonchev–Trinajstić information content (AvgIpc) is 2.42. The molecule has 1 N–H and O–H groups in total. The molecular weight excluding hydrogens is 232 g/mol. The summed E-state index contributed by atoms with van der Waals surface area (Å²) in [5.41, 5.74) is 0. The van der Waals surface area contributed by atoms with Crippen molar-refractivity contribution in [1.29, 1.82) is 0 Å². The van der Waals surface area contributed by atoms with E-state index in [1.165, 1.54) is 64.6 Å². The van der Waals surface area contributed by atoms with Gasteiger partial charge >= 0.3 is 0 Å². The lowest BCUT2D eigenvalue weighted by Crippen LogP contribution is -2.50. The van der Waals surface area contributed by atoms with E-state index in [0.29, 0.717) is 0 Å². The minimum Gasteiger partial charge on any atom is -0.311 e. The Morgan fingerprint density at radius 3 is 2.37 bits per heavy atom. The zero-order valence-corrected chi connectivity index (χ0v) is 13.3. The third-order valence-corrected chi connectivity index (χ3v) is 5.25. The van der Waals surface area contributed by atoms with Crippen molar-refractivity contribution in [3.63, 3.8) is 0 Å². The summed E-state index contributed by atoms with van der Waals surface area (Å²) in [6.07, 6.45) is 9.78. The van der Waals surface area contributed by atoms with Crippen LogP contribution in [0.4, 0.5) is 0 Å². The summed E-state index contributed by atoms with van der Waals surface area (Å²) in [7, 11) is 0. The summed E-state index contributed by atoms with van der Waals surface area (Å²) in [6.45, 7) is 11.0. The first-order valence-corrected chi connectivity index (χ1v) is 8.69. The van der Waals surface area contributed by atoms with Crippen LogP contribution in [0.3, 0.4) is 0 Å². The first kappa shape index (κ1) is 15.3. The van der Waals surface area contributed by atoms with Crippen LogP contribution in [0.1, 0.15) is 65.7 Å². The maximum Gasteiger partial charge on any atom is 0.0100 e. The van der Waals surface area contributed by atoms with E-state index in [4.69, 9.17) is 0 Å². The van der Waals surface area contributed by atoms with E-state index in [1.807, 2.05) is 0 Å². The van der Waals surface area contributed by atoms with Crippen molar-refractivity contribution in [1.82, 2.24) is 10.2 Å². The van der Waals surface area contributed by atoms with Crippen LogP contribution in [0, 0.1) is 11.8 Å². The van der Waals surface area contributed by atoms with Gasteiger partial charge in [-0.3, -0.25) is 0 Å². The third-order valence-electron chi connectivity index (χ3n) is 5.25. The van der Waals surface area contributed by atoms with Gasteiger partial charge in [-0.25, -0.2) is 0 Å². The largest absolute Gasteiger partial charge is 0.311 e. The highest BCUT2D eigenvalue weighted by Crippen LogP contribution is 2.31. The summed E-state index contributed by atoms with van der Waals surface area (Å²) >= 11 is 0. The van der Waals surface area contributed by atoms with Gasteiger partial charge in [0.05, 0.1) is 0 Å². The van der Waals surface area contributed by atoms with Crippen molar-refractivity contribution < 1.29 is 0 Å². The number of nitrogens with zero attached hydrogens (tertiary/aromatic N) is 1. The second-order valence-corrected chi connectivity index (χ2v) is 7.08. The monoisotopic (exact) mass is 266 g/mol. The van der Waals surface area contributed by atoms with E-state index in [2.05, 4.69) is 31.0 Å². The number of likely N-dealkylation sites (tertiary alicyclic amines) is 1. The smallest absolute Gasteiger partial charge is 0.0100 e. The van der Waals surface area contributed by atoms with Gasteiger partial charge in [0, 0.05) is 12.1 Å². The van der Waals surface area contributed by atoms with Crippen molar-refractivity contribution in [3.05, 3.63) is 0 Å². The van der Waals surface area contributed by atoms with Crippen LogP contribution in [0.5, 0.6) is 0 Å². The first-order valence-electron chi connectivity index (χ1n) is 8.69. The second-order valence-electron chi connectivity index (χ2n) is 7.08. The minimum atomic E-state index is 0.789. The summed E-state index contributed by atoms with van der Waals surface area (Å²) < 4.78 is 0. The molecule has 2 atom stereocenters. The number of piperidine rings is 1. The predicted molar refractivity (Wildman–Crippen MR) is 83.5 cm³/mol. The highest BCUT2D eigenvalue weighted by Gasteiger charge is 2.30. The van der Waals surface area contributed by atoms with Crippen molar-refractivity contribution in [2.45, 2.75) is 77.8 Å². The maximum absolute atomic E-state index is 4.03. The normalized spacial score (nSPS) is 30.9. The molecule has 0 spiro atoms. The van der Waals surface area contributed by atoms with E-state index in [9.17, 15) is 0 Å². The van der Waals surface area contributed by atoms with Gasteiger partial charge in [0.25, 0.3) is 0 Å². The fourth-order valence-electron chi connectivity index (χ4n) is 4.11. The highest BCUT2D eigenvalue weighted by atomic mass is 15.1. The van der Waals surface area contributed by atoms with E-state index in [-0.39, 0.29) is 0 Å². The minimum absolute atomic E-state index is 0.789. The van der Waals surface area contributed by atoms with Crippen LogP contribution in [0.25, 0.3) is 0 Å². The fraction of sp³-hybridized carbons (Fsp3) is 1.00. The molecule has 0 aromatic carbocycles. The highest BCUT2D eigenvalue weighted by molar-refractivity contribution is 4.87. The standard InChI is InChI=1S/C17H34N2/c1-4-11-19-12-9-15(10-13-19)18-17-8-6-5-7-16(17)14(2)3/h14-18H,4-13H2,1-3H3. The Morgan fingerprint density at radius 1 is 1.05 bits per heavy atom. The molecule has 2 fully saturated rings. The molecule has 1 saturated heterocycles. The van der Waals surface area contributed by atoms with Gasteiger partial charge in [0.1, 0.15) is 0 Å². The van der Waals surface area contributed by atoms with Crippen molar-refractivity contribution in [3.8, 4) is 0 Å². The molecule has 2 heteroatoms. The Labute approximate surface area is 120 Å². The molecule has 2 aliphatic rings. The summed E-state index contributed by atoms with van der Waals surface area (Å²) in [5.74, 6) is 1.76. The molecule has 0 radical (unpaired) electrons. The molecule has 19 heavy (non-hydrogen) atoms. The first-order chi connectivity index (χ1) is 9.20. The molecule has 2 rings (SSSR count). The quantitative estimate of drug-likeness (QED) is 0.817. The molecule has 0 aromatic rings. The number of hydrogen-bond donors (Lipinski definition) is 1. The van der Waals surface area contributed by atoms with Gasteiger partial charge in [-0.05, 0) is 63.6 Å². The van der Waals surface area contributed by atoms with Crippen molar-refractivity contribution in [2.24, 2.45) is 11.8 Å². The van der Waals surface area contributed by atoms with E-state index in [0.717, 1.165) is 23.9 Å². The summed E-state index contributed by atoms with van der Waals surface area (Å²) in [4.78, 5) is 2.64. The van der Waals surface area contributed by atoms with Gasteiger partial charge in [-0.1, -0.05) is 33.6 Å². The predicted octanol–water partition coefficient (Wildman–Crippen LogP) is 3.67. The molecule has 0 amide bonds. The fourth-order valence-corrected chi connectivity index (χ4v) is 4.11. The van der Waals surface area contributed by atoms with Crippen LogP contribution in [-0.4, -0.2) is 36.6 Å². The topological polar surface area (TPSA) is 15.3 Å². The Bertz CT molecular complexity index is 244. The average molecular weight is 266 g/mol. The molecule has 1 heterocycles. The maximum atomic E-state index is 4.03. The number of nitrogens with one attached hydrogen (secondary N) is 1. The van der Waals surface area contributed by atoms with Gasteiger partial charge in [-0.2, -0.15) is 0 Å². The van der Waals surface area contributed by atoms with Crippen LogP contribution in [-0.2, 0) is 0 Å². The lowest BCUT2D eigenvalue weighted by Gasteiger charge is -2.40. The van der Waals surface area contributed by atoms with Crippen LogP contribution in [0.2, 0.25) is 0 Å². The molecule has 0 bridgehead atoms. The third kappa shape index (κ3) is 4.46. The molecule has 1 saturated carbocycles. The van der Waals surface area contributed by atoms with Crippen molar-refractivity contribution >= 4 is 0 Å².